The zero-order valence-corrected chi connectivity index (χ0v) is 11.0. The Kier molecular flexibility index (Phi) is 3.56. The summed E-state index contributed by atoms with van der Waals surface area (Å²) in [4.78, 5) is 4.19. The van der Waals surface area contributed by atoms with Gasteiger partial charge in [0.05, 0.1) is 11.7 Å². The lowest BCUT2D eigenvalue weighted by Gasteiger charge is -2.14. The van der Waals surface area contributed by atoms with Crippen LogP contribution in [-0.2, 0) is 0 Å². The minimum absolute atomic E-state index is 0.00630. The van der Waals surface area contributed by atoms with Crippen molar-refractivity contribution in [3.05, 3.63) is 45.1 Å². The number of hydrogen-bond donors (Lipinski definition) is 1. The lowest BCUT2D eigenvalue weighted by atomic mass is 10.2. The number of nitrogens with zero attached hydrogens (tertiary/aromatic N) is 1. The maximum absolute atomic E-state index is 13.5. The minimum atomic E-state index is -0.266. The Labute approximate surface area is 106 Å². The average Bonchev–Trinajstić information content (AvgIpc) is 2.76. The third-order valence-electron chi connectivity index (χ3n) is 2.15. The first-order valence-electron chi connectivity index (χ1n) is 4.78. The van der Waals surface area contributed by atoms with Crippen molar-refractivity contribution in [3.63, 3.8) is 0 Å². The summed E-state index contributed by atoms with van der Waals surface area (Å²) in [5.41, 5.74) is 0.477. The highest BCUT2D eigenvalue weighted by molar-refractivity contribution is 9.10. The fraction of sp³-hybridized carbons (Fsp3) is 0.182. The molecule has 1 aromatic heterocycles. The van der Waals surface area contributed by atoms with E-state index in [4.69, 9.17) is 0 Å². The van der Waals surface area contributed by atoms with E-state index in [9.17, 15) is 4.39 Å². The maximum Gasteiger partial charge on any atom is 0.147 e. The summed E-state index contributed by atoms with van der Waals surface area (Å²) >= 11 is 4.87. The minimum Gasteiger partial charge on any atom is -0.373 e. The van der Waals surface area contributed by atoms with Gasteiger partial charge in [-0.05, 0) is 35.0 Å². The van der Waals surface area contributed by atoms with Crippen LogP contribution in [0.1, 0.15) is 18.0 Å². The zero-order valence-electron chi connectivity index (χ0n) is 8.58. The summed E-state index contributed by atoms with van der Waals surface area (Å²) < 4.78 is 14.3. The molecule has 1 heterocycles. The second-order valence-electron chi connectivity index (χ2n) is 3.33. The van der Waals surface area contributed by atoms with E-state index < -0.39 is 0 Å². The number of hydrogen-bond acceptors (Lipinski definition) is 3. The molecule has 16 heavy (non-hydrogen) atoms. The molecular weight excluding hydrogens is 291 g/mol. The van der Waals surface area contributed by atoms with Gasteiger partial charge < -0.3 is 5.32 Å². The van der Waals surface area contributed by atoms with Crippen LogP contribution in [0.25, 0.3) is 0 Å². The first-order chi connectivity index (χ1) is 7.68. The normalized spacial score (nSPS) is 12.4. The summed E-state index contributed by atoms with van der Waals surface area (Å²) in [6.07, 6.45) is 1.74. The maximum atomic E-state index is 13.5. The van der Waals surface area contributed by atoms with E-state index >= 15 is 0 Å². The van der Waals surface area contributed by atoms with Gasteiger partial charge in [-0.15, -0.1) is 11.3 Å². The summed E-state index contributed by atoms with van der Waals surface area (Å²) in [5.74, 6) is -0.266. The molecule has 0 radical (unpaired) electrons. The van der Waals surface area contributed by atoms with E-state index in [2.05, 4.69) is 26.2 Å². The van der Waals surface area contributed by atoms with E-state index in [1.165, 1.54) is 6.07 Å². The Morgan fingerprint density at radius 1 is 1.50 bits per heavy atom. The Morgan fingerprint density at radius 3 is 2.94 bits per heavy atom. The van der Waals surface area contributed by atoms with Gasteiger partial charge in [0.15, 0.2) is 0 Å². The van der Waals surface area contributed by atoms with Crippen LogP contribution in [0.15, 0.2) is 34.2 Å². The Balaban J connectivity index is 2.21. The highest BCUT2D eigenvalue weighted by Gasteiger charge is 2.12. The number of thiazole rings is 1. The monoisotopic (exact) mass is 300 g/mol. The molecule has 0 aliphatic carbocycles. The summed E-state index contributed by atoms with van der Waals surface area (Å²) in [6, 6.07) is 4.90. The molecule has 2 rings (SSSR count). The van der Waals surface area contributed by atoms with Crippen molar-refractivity contribution in [1.29, 1.82) is 0 Å². The fourth-order valence-electron chi connectivity index (χ4n) is 1.36. The Morgan fingerprint density at radius 2 is 2.31 bits per heavy atom. The second-order valence-corrected chi connectivity index (χ2v) is 5.11. The number of nitrogens with one attached hydrogen (secondary N) is 1. The SMILES string of the molecule is CC(Nc1c(F)cccc1Br)c1nccs1. The van der Waals surface area contributed by atoms with E-state index in [1.54, 1.807) is 29.7 Å². The van der Waals surface area contributed by atoms with Crippen molar-refractivity contribution in [2.24, 2.45) is 0 Å². The zero-order chi connectivity index (χ0) is 11.5. The molecule has 1 unspecified atom stereocenters. The number of rotatable bonds is 3. The molecule has 0 saturated heterocycles. The summed E-state index contributed by atoms with van der Waals surface area (Å²) in [6.45, 7) is 1.96. The van der Waals surface area contributed by atoms with Crippen molar-refractivity contribution in [3.8, 4) is 0 Å². The molecule has 2 aromatic rings. The topological polar surface area (TPSA) is 24.9 Å². The number of aromatic nitrogens is 1. The van der Waals surface area contributed by atoms with Crippen molar-refractivity contribution in [1.82, 2.24) is 4.98 Å². The molecule has 0 aliphatic rings. The predicted octanol–water partition coefficient (Wildman–Crippen LogP) is 4.22. The van der Waals surface area contributed by atoms with Gasteiger partial charge in [0.1, 0.15) is 10.8 Å². The fourth-order valence-corrected chi connectivity index (χ4v) is 2.46. The van der Waals surface area contributed by atoms with Gasteiger partial charge in [-0.3, -0.25) is 0 Å². The van der Waals surface area contributed by atoms with Crippen molar-refractivity contribution < 1.29 is 4.39 Å². The molecule has 5 heteroatoms. The molecule has 1 N–H and O–H groups in total. The molecule has 0 aliphatic heterocycles. The first kappa shape index (κ1) is 11.5. The van der Waals surface area contributed by atoms with Gasteiger partial charge >= 0.3 is 0 Å². The van der Waals surface area contributed by atoms with Gasteiger partial charge in [-0.1, -0.05) is 6.07 Å². The average molecular weight is 301 g/mol. The van der Waals surface area contributed by atoms with Crippen molar-refractivity contribution >= 4 is 33.0 Å². The van der Waals surface area contributed by atoms with E-state index in [1.807, 2.05) is 12.3 Å². The molecule has 0 spiro atoms. The third kappa shape index (κ3) is 2.41. The van der Waals surface area contributed by atoms with Gasteiger partial charge in [0.25, 0.3) is 0 Å². The van der Waals surface area contributed by atoms with Crippen LogP contribution in [0.3, 0.4) is 0 Å². The van der Waals surface area contributed by atoms with Crippen LogP contribution in [0.2, 0.25) is 0 Å². The number of anilines is 1. The molecule has 1 aromatic carbocycles. The highest BCUT2D eigenvalue weighted by atomic mass is 79.9. The molecule has 0 fully saturated rings. The summed E-state index contributed by atoms with van der Waals surface area (Å²) in [7, 11) is 0. The Bertz CT molecular complexity index is 453. The quantitative estimate of drug-likeness (QED) is 0.918. The van der Waals surface area contributed by atoms with Crippen LogP contribution >= 0.6 is 27.3 Å². The van der Waals surface area contributed by atoms with Crippen LogP contribution in [-0.4, -0.2) is 4.98 Å². The summed E-state index contributed by atoms with van der Waals surface area (Å²) in [5, 5.41) is 5.95. The lowest BCUT2D eigenvalue weighted by molar-refractivity contribution is 0.626. The molecule has 84 valence electrons. The molecule has 0 bridgehead atoms. The standard InChI is InChI=1S/C11H10BrFN2S/c1-7(11-14-5-6-16-11)15-10-8(12)3-2-4-9(10)13/h2-7,15H,1H3. The predicted molar refractivity (Wildman–Crippen MR) is 68.3 cm³/mol. The lowest BCUT2D eigenvalue weighted by Crippen LogP contribution is -2.08. The van der Waals surface area contributed by atoms with Crippen LogP contribution in [0.4, 0.5) is 10.1 Å². The van der Waals surface area contributed by atoms with Gasteiger partial charge in [0.2, 0.25) is 0 Å². The van der Waals surface area contributed by atoms with E-state index in [0.29, 0.717) is 5.69 Å². The molecule has 0 saturated carbocycles. The van der Waals surface area contributed by atoms with Gasteiger partial charge in [-0.25, -0.2) is 9.37 Å². The van der Waals surface area contributed by atoms with Crippen LogP contribution in [0.5, 0.6) is 0 Å². The first-order valence-corrected chi connectivity index (χ1v) is 6.45. The second kappa shape index (κ2) is 4.93. The number of benzene rings is 1. The van der Waals surface area contributed by atoms with Crippen LogP contribution in [0, 0.1) is 5.82 Å². The molecular formula is C11H10BrFN2S. The van der Waals surface area contributed by atoms with Crippen molar-refractivity contribution in [2.45, 2.75) is 13.0 Å². The Hall–Kier alpha value is -0.940. The number of halogens is 2. The van der Waals surface area contributed by atoms with Gasteiger partial charge in [0, 0.05) is 16.0 Å². The molecule has 0 amide bonds. The van der Waals surface area contributed by atoms with E-state index in [0.717, 1.165) is 9.48 Å². The third-order valence-corrected chi connectivity index (χ3v) is 3.76. The molecule has 2 nitrogen and oxygen atoms in total. The highest BCUT2D eigenvalue weighted by Crippen LogP contribution is 2.29. The molecule has 1 atom stereocenters. The van der Waals surface area contributed by atoms with E-state index in [-0.39, 0.29) is 11.9 Å². The number of para-hydroxylation sites is 1. The smallest absolute Gasteiger partial charge is 0.147 e. The van der Waals surface area contributed by atoms with Crippen molar-refractivity contribution in [2.75, 3.05) is 5.32 Å². The largest absolute Gasteiger partial charge is 0.373 e. The van der Waals surface area contributed by atoms with Gasteiger partial charge in [-0.2, -0.15) is 0 Å². The van der Waals surface area contributed by atoms with Crippen LogP contribution < -0.4 is 5.32 Å².